The molecule has 1 aromatic heterocycles. The monoisotopic (exact) mass is 340 g/mol. The molecule has 0 saturated carbocycles. The number of aliphatic hydroxyl groups excluding tert-OH is 1. The van der Waals surface area contributed by atoms with Gasteiger partial charge in [0.2, 0.25) is 0 Å². The first-order valence-electron chi connectivity index (χ1n) is 6.72. The van der Waals surface area contributed by atoms with Crippen LogP contribution >= 0.6 is 23.4 Å². The molecule has 2 unspecified atom stereocenters. The Hall–Kier alpha value is -1.50. The van der Waals surface area contributed by atoms with Crippen molar-refractivity contribution in [2.45, 2.75) is 18.2 Å². The van der Waals surface area contributed by atoms with E-state index in [2.05, 4.69) is 10.5 Å². The highest BCUT2D eigenvalue weighted by molar-refractivity contribution is 7.99. The fourth-order valence-corrected chi connectivity index (χ4v) is 2.79. The van der Waals surface area contributed by atoms with Crippen molar-refractivity contribution >= 4 is 29.3 Å². The van der Waals surface area contributed by atoms with Crippen LogP contribution in [0.2, 0.25) is 5.02 Å². The minimum atomic E-state index is -0.336. The van der Waals surface area contributed by atoms with Gasteiger partial charge in [-0.3, -0.25) is 4.79 Å². The number of benzene rings is 1. The molecule has 0 aliphatic heterocycles. The summed E-state index contributed by atoms with van der Waals surface area (Å²) in [5, 5.41) is 16.3. The van der Waals surface area contributed by atoms with Gasteiger partial charge in [-0.25, -0.2) is 0 Å². The van der Waals surface area contributed by atoms with Crippen LogP contribution in [0.3, 0.4) is 0 Å². The molecule has 0 fully saturated rings. The van der Waals surface area contributed by atoms with Crippen LogP contribution in [0.15, 0.2) is 34.9 Å². The van der Waals surface area contributed by atoms with Crippen molar-refractivity contribution in [3.8, 4) is 11.3 Å². The molecular formula is C15H17ClN2O3S. The number of hydrogen-bond donors (Lipinski definition) is 2. The molecule has 5 nitrogen and oxygen atoms in total. The number of carbonyl (C=O) groups is 1. The first-order valence-corrected chi connectivity index (χ1v) is 8.39. The molecule has 0 radical (unpaired) electrons. The van der Waals surface area contributed by atoms with Crippen molar-refractivity contribution in [1.29, 1.82) is 0 Å². The smallest absolute Gasteiger partial charge is 0.273 e. The lowest BCUT2D eigenvalue weighted by Crippen LogP contribution is -2.41. The summed E-state index contributed by atoms with van der Waals surface area (Å²) in [5.41, 5.74) is 0.948. The van der Waals surface area contributed by atoms with E-state index in [0.29, 0.717) is 10.8 Å². The van der Waals surface area contributed by atoms with Crippen molar-refractivity contribution in [2.75, 3.05) is 12.9 Å². The maximum atomic E-state index is 12.2. The summed E-state index contributed by atoms with van der Waals surface area (Å²) in [6.45, 7) is 1.84. The zero-order chi connectivity index (χ0) is 16.1. The van der Waals surface area contributed by atoms with Crippen LogP contribution in [0.4, 0.5) is 0 Å². The van der Waals surface area contributed by atoms with Crippen LogP contribution in [-0.2, 0) is 0 Å². The van der Waals surface area contributed by atoms with Crippen LogP contribution < -0.4 is 5.32 Å². The normalized spacial score (nSPS) is 13.6. The van der Waals surface area contributed by atoms with Crippen molar-refractivity contribution in [1.82, 2.24) is 10.5 Å². The lowest BCUT2D eigenvalue weighted by molar-refractivity contribution is 0.0927. The minimum absolute atomic E-state index is 0.00477. The number of aromatic nitrogens is 1. The zero-order valence-corrected chi connectivity index (χ0v) is 13.8. The average molecular weight is 341 g/mol. The quantitative estimate of drug-likeness (QED) is 0.845. The standard InChI is InChI=1S/C15H17ClN2O3S/c1-9(14(8-19)22-2)17-15(20)12-7-13(21-18-12)10-4-3-5-11(16)6-10/h3-7,9,14,19H,8H2,1-2H3,(H,17,20). The Bertz CT molecular complexity index is 643. The summed E-state index contributed by atoms with van der Waals surface area (Å²) in [7, 11) is 0. The van der Waals surface area contributed by atoms with Gasteiger partial charge in [-0.2, -0.15) is 11.8 Å². The summed E-state index contributed by atoms with van der Waals surface area (Å²) in [5.74, 6) is 0.140. The third-order valence-corrected chi connectivity index (χ3v) is 4.65. The van der Waals surface area contributed by atoms with Gasteiger partial charge >= 0.3 is 0 Å². The average Bonchev–Trinajstić information content (AvgIpc) is 2.98. The largest absolute Gasteiger partial charge is 0.395 e. The lowest BCUT2D eigenvalue weighted by Gasteiger charge is -2.20. The van der Waals surface area contributed by atoms with E-state index < -0.39 is 0 Å². The Kier molecular flexibility index (Phi) is 5.88. The number of aliphatic hydroxyl groups is 1. The van der Waals surface area contributed by atoms with Crippen LogP contribution in [0.1, 0.15) is 17.4 Å². The second-order valence-electron chi connectivity index (χ2n) is 4.81. The molecule has 0 saturated heterocycles. The van der Waals surface area contributed by atoms with Gasteiger partial charge in [-0.15, -0.1) is 0 Å². The fourth-order valence-electron chi connectivity index (χ4n) is 1.97. The highest BCUT2D eigenvalue weighted by Gasteiger charge is 2.20. The number of rotatable bonds is 6. The summed E-state index contributed by atoms with van der Waals surface area (Å²) in [6.07, 6.45) is 1.89. The van der Waals surface area contributed by atoms with Gasteiger partial charge in [-0.1, -0.05) is 28.9 Å². The predicted molar refractivity (Wildman–Crippen MR) is 88.3 cm³/mol. The number of hydrogen-bond acceptors (Lipinski definition) is 5. The highest BCUT2D eigenvalue weighted by atomic mass is 35.5. The first-order chi connectivity index (χ1) is 10.5. The molecule has 1 amide bonds. The Labute approximate surface area is 138 Å². The molecular weight excluding hydrogens is 324 g/mol. The molecule has 0 aliphatic carbocycles. The zero-order valence-electron chi connectivity index (χ0n) is 12.2. The molecule has 0 bridgehead atoms. The minimum Gasteiger partial charge on any atom is -0.395 e. The van der Waals surface area contributed by atoms with Crippen molar-refractivity contribution in [3.63, 3.8) is 0 Å². The molecule has 118 valence electrons. The van der Waals surface area contributed by atoms with Gasteiger partial charge in [0.15, 0.2) is 11.5 Å². The molecule has 1 aromatic carbocycles. The molecule has 2 N–H and O–H groups in total. The van der Waals surface area contributed by atoms with E-state index in [1.54, 1.807) is 24.3 Å². The van der Waals surface area contributed by atoms with Gasteiger partial charge < -0.3 is 14.9 Å². The maximum Gasteiger partial charge on any atom is 0.273 e. The number of nitrogens with zero attached hydrogens (tertiary/aromatic N) is 1. The molecule has 22 heavy (non-hydrogen) atoms. The summed E-state index contributed by atoms with van der Waals surface area (Å²) in [4.78, 5) is 12.2. The summed E-state index contributed by atoms with van der Waals surface area (Å²) in [6, 6.07) is 8.51. The highest BCUT2D eigenvalue weighted by Crippen LogP contribution is 2.23. The van der Waals surface area contributed by atoms with E-state index >= 15 is 0 Å². The first kappa shape index (κ1) is 16.9. The number of carbonyl (C=O) groups excluding carboxylic acids is 1. The Balaban J connectivity index is 2.09. The van der Waals surface area contributed by atoms with Crippen molar-refractivity contribution in [3.05, 3.63) is 41.0 Å². The van der Waals surface area contributed by atoms with E-state index in [4.69, 9.17) is 16.1 Å². The van der Waals surface area contributed by atoms with Gasteiger partial charge in [-0.05, 0) is 25.3 Å². The van der Waals surface area contributed by atoms with Crippen molar-refractivity contribution in [2.24, 2.45) is 0 Å². The summed E-state index contributed by atoms with van der Waals surface area (Å²) >= 11 is 7.43. The molecule has 0 spiro atoms. The van der Waals surface area contributed by atoms with Crippen LogP contribution in [0, 0.1) is 0 Å². The van der Waals surface area contributed by atoms with E-state index in [9.17, 15) is 9.90 Å². The van der Waals surface area contributed by atoms with E-state index in [1.165, 1.54) is 11.8 Å². The van der Waals surface area contributed by atoms with Gasteiger partial charge in [0.05, 0.1) is 6.61 Å². The number of nitrogens with one attached hydrogen (secondary N) is 1. The number of amides is 1. The number of halogens is 1. The van der Waals surface area contributed by atoms with E-state index in [-0.39, 0.29) is 29.5 Å². The van der Waals surface area contributed by atoms with Crippen LogP contribution in [0.25, 0.3) is 11.3 Å². The third kappa shape index (κ3) is 4.03. The molecule has 0 aliphatic rings. The lowest BCUT2D eigenvalue weighted by atomic mass is 10.1. The Morgan fingerprint density at radius 2 is 2.27 bits per heavy atom. The van der Waals surface area contributed by atoms with Gasteiger partial charge in [0.1, 0.15) is 0 Å². The SMILES string of the molecule is CSC(CO)C(C)NC(=O)c1cc(-c2cccc(Cl)c2)on1. The van der Waals surface area contributed by atoms with Gasteiger partial charge in [0.25, 0.3) is 5.91 Å². The van der Waals surface area contributed by atoms with Crippen LogP contribution in [-0.4, -0.2) is 40.3 Å². The molecule has 1 heterocycles. The maximum absolute atomic E-state index is 12.2. The van der Waals surface area contributed by atoms with Crippen LogP contribution in [0.5, 0.6) is 0 Å². The fraction of sp³-hybridized carbons (Fsp3) is 0.333. The molecule has 2 rings (SSSR count). The second-order valence-corrected chi connectivity index (χ2v) is 6.32. The van der Waals surface area contributed by atoms with E-state index in [1.807, 2.05) is 19.2 Å². The number of thioether (sulfide) groups is 1. The molecule has 2 aromatic rings. The summed E-state index contributed by atoms with van der Waals surface area (Å²) < 4.78 is 5.20. The molecule has 7 heteroatoms. The third-order valence-electron chi connectivity index (χ3n) is 3.25. The predicted octanol–water partition coefficient (Wildman–Crippen LogP) is 2.84. The van der Waals surface area contributed by atoms with Crippen molar-refractivity contribution < 1.29 is 14.4 Å². The Morgan fingerprint density at radius 3 is 2.91 bits per heavy atom. The van der Waals surface area contributed by atoms with Gasteiger partial charge in [0, 0.05) is 27.9 Å². The van der Waals surface area contributed by atoms with E-state index in [0.717, 1.165) is 5.56 Å². The second kappa shape index (κ2) is 7.67. The topological polar surface area (TPSA) is 75.4 Å². The molecule has 2 atom stereocenters. The Morgan fingerprint density at radius 1 is 1.50 bits per heavy atom.